The molecule has 0 bridgehead atoms. The largest absolute Gasteiger partial charge is 0.494 e. The Morgan fingerprint density at radius 3 is 1.79 bits per heavy atom. The molecular weight excluding hydrogens is 825 g/mol. The zero-order valence-electron chi connectivity index (χ0n) is 33.7. The number of hydrogen-bond acceptors (Lipinski definition) is 11. The number of nitrogens with one attached hydrogen (secondary N) is 2. The molecule has 0 saturated carbocycles. The van der Waals surface area contributed by atoms with E-state index in [1.807, 2.05) is 61.5 Å². The molecule has 63 heavy (non-hydrogen) atoms. The van der Waals surface area contributed by atoms with E-state index in [0.29, 0.717) is 60.8 Å². The maximum absolute atomic E-state index is 12.9. The molecule has 2 N–H and O–H groups in total. The summed E-state index contributed by atoms with van der Waals surface area (Å²) in [5, 5.41) is 26.4. The first-order valence-electron chi connectivity index (χ1n) is 19.5. The van der Waals surface area contributed by atoms with Crippen LogP contribution in [0.2, 0.25) is 0 Å². The van der Waals surface area contributed by atoms with Crippen molar-refractivity contribution in [2.45, 2.75) is 19.3 Å². The minimum Gasteiger partial charge on any atom is -0.494 e. The van der Waals surface area contributed by atoms with E-state index in [9.17, 15) is 26.3 Å². The van der Waals surface area contributed by atoms with Gasteiger partial charge in [0.15, 0.2) is 17.5 Å². The van der Waals surface area contributed by atoms with Gasteiger partial charge in [0.25, 0.3) is 0 Å². The van der Waals surface area contributed by atoms with Gasteiger partial charge in [0.05, 0.1) is 43.3 Å². The first kappa shape index (κ1) is 42.3. The number of hydrogen-bond donors (Lipinski definition) is 2. The van der Waals surface area contributed by atoms with Crippen LogP contribution in [-0.4, -0.2) is 63.8 Å². The minimum atomic E-state index is -4.38. The highest BCUT2D eigenvalue weighted by Gasteiger charge is 2.31. The Morgan fingerprint density at radius 1 is 0.619 bits per heavy atom. The average Bonchev–Trinajstić information content (AvgIpc) is 3.29. The second kappa shape index (κ2) is 17.9. The number of nitrogens with zero attached hydrogens (tertiary/aromatic N) is 7. The highest BCUT2D eigenvalue weighted by Crippen LogP contribution is 2.37. The van der Waals surface area contributed by atoms with Gasteiger partial charge >= 0.3 is 12.4 Å². The van der Waals surface area contributed by atoms with Crippen molar-refractivity contribution in [1.82, 2.24) is 30.4 Å². The number of benzene rings is 4. The fourth-order valence-corrected chi connectivity index (χ4v) is 7.04. The first-order valence-corrected chi connectivity index (χ1v) is 19.5. The number of pyridine rings is 2. The molecule has 0 atom stereocenters. The number of alkyl halides is 6. The van der Waals surface area contributed by atoms with Gasteiger partial charge in [0.1, 0.15) is 11.4 Å². The molecule has 0 unspecified atom stereocenters. The summed E-state index contributed by atoms with van der Waals surface area (Å²) in [5.74, 6) is 2.31. The Bertz CT molecular complexity index is 2870. The van der Waals surface area contributed by atoms with Crippen molar-refractivity contribution in [3.63, 3.8) is 0 Å². The van der Waals surface area contributed by atoms with Gasteiger partial charge in [-0.1, -0.05) is 18.2 Å². The second-order valence-corrected chi connectivity index (χ2v) is 14.4. The molecule has 17 heteroatoms. The van der Waals surface area contributed by atoms with E-state index in [0.717, 1.165) is 74.0 Å². The van der Waals surface area contributed by atoms with Crippen molar-refractivity contribution in [1.29, 1.82) is 0 Å². The summed E-state index contributed by atoms with van der Waals surface area (Å²) in [6, 6.07) is 28.8. The lowest BCUT2D eigenvalue weighted by Crippen LogP contribution is -2.37. The molecular formula is C46H37F6N9O2. The monoisotopic (exact) mass is 861 g/mol. The number of fused-ring (bicyclic) bond motifs is 2. The smallest absolute Gasteiger partial charge is 0.416 e. The molecule has 1 fully saturated rings. The van der Waals surface area contributed by atoms with E-state index < -0.39 is 23.5 Å². The molecule has 1 aliphatic heterocycles. The number of morpholine rings is 1. The molecule has 8 aromatic rings. The van der Waals surface area contributed by atoms with Crippen LogP contribution in [-0.2, 0) is 17.1 Å². The van der Waals surface area contributed by atoms with E-state index in [4.69, 9.17) is 9.47 Å². The Morgan fingerprint density at radius 2 is 1.19 bits per heavy atom. The summed E-state index contributed by atoms with van der Waals surface area (Å²) < 4.78 is 87.8. The fourth-order valence-electron chi connectivity index (χ4n) is 7.04. The van der Waals surface area contributed by atoms with Crippen LogP contribution in [0, 0.1) is 6.92 Å². The van der Waals surface area contributed by atoms with Crippen LogP contribution in [0.15, 0.2) is 128 Å². The van der Waals surface area contributed by atoms with E-state index >= 15 is 0 Å². The summed E-state index contributed by atoms with van der Waals surface area (Å²) in [7, 11) is 1.58. The standard InChI is InChI=1S/C25H22F3N5O.C21H15F3N4O/c1-16-3-2-10-29-22(16)17-4-9-20-21(15-17)24(33-11-13-34-14-12-33)32-31-23(20)30-19-7-5-18(6-8-19)25(26,27)28;1-29-18-3-2-10-25-19(18)13-4-9-17-14(11-13)12-26-28-20(17)27-16-7-5-15(6-8-16)21(22,23)24/h2-10,15H,11-14H2,1H3,(H,30,31);2-12H,1H3,(H,27,28). The zero-order valence-corrected chi connectivity index (χ0v) is 33.7. The molecule has 0 aliphatic carbocycles. The molecule has 11 nitrogen and oxygen atoms in total. The third-order valence-corrected chi connectivity index (χ3v) is 10.2. The molecule has 4 aromatic carbocycles. The van der Waals surface area contributed by atoms with E-state index in [1.54, 1.807) is 31.8 Å². The van der Waals surface area contributed by atoms with Gasteiger partial charge in [-0.05, 0) is 103 Å². The van der Waals surface area contributed by atoms with Gasteiger partial charge in [0.2, 0.25) is 0 Å². The fraction of sp³-hybridized carbons (Fsp3) is 0.174. The number of aromatic nitrogens is 6. The van der Waals surface area contributed by atoms with Crippen molar-refractivity contribution in [2.75, 3.05) is 48.9 Å². The average molecular weight is 862 g/mol. The lowest BCUT2D eigenvalue weighted by atomic mass is 10.0. The Balaban J connectivity index is 0.000000175. The van der Waals surface area contributed by atoms with Gasteiger partial charge in [0, 0.05) is 69.5 Å². The van der Waals surface area contributed by atoms with Crippen LogP contribution in [0.3, 0.4) is 0 Å². The zero-order chi connectivity index (χ0) is 44.1. The quantitative estimate of drug-likeness (QED) is 0.142. The van der Waals surface area contributed by atoms with Crippen LogP contribution in [0.1, 0.15) is 16.7 Å². The molecule has 4 aromatic heterocycles. The van der Waals surface area contributed by atoms with E-state index in [2.05, 4.69) is 45.9 Å². The maximum Gasteiger partial charge on any atom is 0.416 e. The number of ether oxygens (including phenoxy) is 2. The molecule has 0 amide bonds. The lowest BCUT2D eigenvalue weighted by molar-refractivity contribution is -0.138. The summed E-state index contributed by atoms with van der Waals surface area (Å²) >= 11 is 0. The third-order valence-electron chi connectivity index (χ3n) is 10.2. The highest BCUT2D eigenvalue weighted by molar-refractivity contribution is 6.02. The maximum atomic E-state index is 12.9. The minimum absolute atomic E-state index is 0.446. The van der Waals surface area contributed by atoms with Gasteiger partial charge < -0.3 is 25.0 Å². The molecule has 1 aliphatic rings. The number of anilines is 5. The third kappa shape index (κ3) is 9.58. The van der Waals surface area contributed by atoms with Gasteiger partial charge in [-0.15, -0.1) is 15.3 Å². The number of aryl methyl sites for hydroxylation is 1. The SMILES string of the molecule is COc1cccnc1-c1ccc2c(Nc3ccc(C(F)(F)F)cc3)nncc2c1.Cc1cccnc1-c1ccc2c(Nc3ccc(C(F)(F)F)cc3)nnc(N3CCOCC3)c2c1. The number of halogens is 6. The van der Waals surface area contributed by atoms with E-state index in [-0.39, 0.29) is 0 Å². The predicted molar refractivity (Wildman–Crippen MR) is 229 cm³/mol. The van der Waals surface area contributed by atoms with Crippen LogP contribution in [0.4, 0.5) is 55.2 Å². The van der Waals surface area contributed by atoms with Gasteiger partial charge in [-0.3, -0.25) is 9.97 Å². The summed E-state index contributed by atoms with van der Waals surface area (Å²) in [6.45, 7) is 4.62. The van der Waals surface area contributed by atoms with Crippen LogP contribution in [0.25, 0.3) is 44.1 Å². The van der Waals surface area contributed by atoms with Crippen LogP contribution >= 0.6 is 0 Å². The van der Waals surface area contributed by atoms with E-state index in [1.165, 1.54) is 24.3 Å². The van der Waals surface area contributed by atoms with Crippen LogP contribution in [0.5, 0.6) is 5.75 Å². The van der Waals surface area contributed by atoms with Crippen molar-refractivity contribution < 1.29 is 35.8 Å². The van der Waals surface area contributed by atoms with Gasteiger partial charge in [-0.2, -0.15) is 31.4 Å². The molecule has 1 saturated heterocycles. The van der Waals surface area contributed by atoms with Crippen molar-refractivity contribution in [2.24, 2.45) is 0 Å². The second-order valence-electron chi connectivity index (χ2n) is 14.4. The molecule has 0 spiro atoms. The van der Waals surface area contributed by atoms with Crippen molar-refractivity contribution >= 4 is 50.4 Å². The highest BCUT2D eigenvalue weighted by atomic mass is 19.4. The van der Waals surface area contributed by atoms with Crippen LogP contribution < -0.4 is 20.3 Å². The molecule has 0 radical (unpaired) electrons. The Labute approximate surface area is 356 Å². The number of rotatable bonds is 8. The van der Waals surface area contributed by atoms with Crippen molar-refractivity contribution in [3.05, 3.63) is 144 Å². The summed E-state index contributed by atoms with van der Waals surface area (Å²) in [5.41, 5.74) is 4.00. The molecule has 9 rings (SSSR count). The normalized spacial score (nSPS) is 13.0. The Hall–Kier alpha value is -7.40. The lowest BCUT2D eigenvalue weighted by Gasteiger charge is -2.28. The summed E-state index contributed by atoms with van der Waals surface area (Å²) in [4.78, 5) is 11.0. The predicted octanol–water partition coefficient (Wildman–Crippen LogP) is 11.1. The molecule has 320 valence electrons. The summed E-state index contributed by atoms with van der Waals surface area (Å²) in [6.07, 6.45) is -3.69. The Kier molecular flexibility index (Phi) is 12.0. The van der Waals surface area contributed by atoms with Crippen molar-refractivity contribution in [3.8, 4) is 28.3 Å². The topological polar surface area (TPSA) is 123 Å². The molecule has 5 heterocycles. The van der Waals surface area contributed by atoms with Gasteiger partial charge in [-0.25, -0.2) is 0 Å². The number of methoxy groups -OCH3 is 1. The first-order chi connectivity index (χ1) is 30.4.